The third kappa shape index (κ3) is 6.38. The number of hydrogen-bond acceptors (Lipinski definition) is 5. The SMILES string of the molecule is CC(C)[C@H](C(=O)O)N(CC(=O)OC(C)(C)C)S(=O)(=O)c1ccc(-c2ccccc2)cc1. The van der Waals surface area contributed by atoms with E-state index in [9.17, 15) is 23.1 Å². The van der Waals surface area contributed by atoms with Gasteiger partial charge in [0.1, 0.15) is 18.2 Å². The molecular formula is C23H29NO6S. The molecule has 0 fully saturated rings. The van der Waals surface area contributed by atoms with Gasteiger partial charge in [-0.05, 0) is 49.9 Å². The zero-order valence-corrected chi connectivity index (χ0v) is 19.2. The van der Waals surface area contributed by atoms with Crippen molar-refractivity contribution in [1.82, 2.24) is 4.31 Å². The first-order valence-electron chi connectivity index (χ1n) is 9.95. The summed E-state index contributed by atoms with van der Waals surface area (Å²) in [4.78, 5) is 24.2. The zero-order chi connectivity index (χ0) is 23.4. The number of hydrogen-bond donors (Lipinski definition) is 1. The lowest BCUT2D eigenvalue weighted by molar-refractivity contribution is -0.156. The molecule has 0 unspecified atom stereocenters. The van der Waals surface area contributed by atoms with Gasteiger partial charge in [-0.3, -0.25) is 9.59 Å². The molecule has 8 heteroatoms. The van der Waals surface area contributed by atoms with E-state index < -0.39 is 46.1 Å². The monoisotopic (exact) mass is 447 g/mol. The maximum absolute atomic E-state index is 13.4. The topological polar surface area (TPSA) is 101 Å². The van der Waals surface area contributed by atoms with E-state index in [1.165, 1.54) is 12.1 Å². The minimum atomic E-state index is -4.29. The van der Waals surface area contributed by atoms with Gasteiger partial charge in [-0.1, -0.05) is 56.3 Å². The van der Waals surface area contributed by atoms with Crippen molar-refractivity contribution in [2.75, 3.05) is 6.54 Å². The number of carboxylic acid groups (broad SMARTS) is 1. The van der Waals surface area contributed by atoms with Crippen LogP contribution >= 0.6 is 0 Å². The number of nitrogens with zero attached hydrogens (tertiary/aromatic N) is 1. The normalized spacial score (nSPS) is 13.3. The fourth-order valence-corrected chi connectivity index (χ4v) is 4.82. The van der Waals surface area contributed by atoms with Crippen LogP contribution in [-0.4, -0.2) is 48.0 Å². The lowest BCUT2D eigenvalue weighted by Gasteiger charge is -2.31. The molecule has 31 heavy (non-hydrogen) atoms. The van der Waals surface area contributed by atoms with E-state index in [0.29, 0.717) is 4.31 Å². The molecule has 0 spiro atoms. The van der Waals surface area contributed by atoms with Crippen molar-refractivity contribution in [3.05, 3.63) is 54.6 Å². The summed E-state index contributed by atoms with van der Waals surface area (Å²) in [5.41, 5.74) is 0.903. The van der Waals surface area contributed by atoms with Gasteiger partial charge in [0.05, 0.1) is 4.90 Å². The van der Waals surface area contributed by atoms with Crippen molar-refractivity contribution in [3.63, 3.8) is 0 Å². The van der Waals surface area contributed by atoms with Gasteiger partial charge in [0.25, 0.3) is 0 Å². The van der Waals surface area contributed by atoms with Crippen LogP contribution in [0, 0.1) is 5.92 Å². The summed E-state index contributed by atoms with van der Waals surface area (Å²) in [6.45, 7) is 7.45. The Morgan fingerprint density at radius 2 is 1.48 bits per heavy atom. The smallest absolute Gasteiger partial charge is 0.322 e. The van der Waals surface area contributed by atoms with Crippen LogP contribution in [0.2, 0.25) is 0 Å². The first kappa shape index (κ1) is 24.6. The zero-order valence-electron chi connectivity index (χ0n) is 18.4. The molecule has 168 valence electrons. The average molecular weight is 448 g/mol. The highest BCUT2D eigenvalue weighted by Gasteiger charge is 2.40. The Morgan fingerprint density at radius 3 is 1.94 bits per heavy atom. The maximum atomic E-state index is 13.4. The number of aliphatic carboxylic acids is 1. The predicted molar refractivity (Wildman–Crippen MR) is 118 cm³/mol. The second-order valence-electron chi connectivity index (χ2n) is 8.55. The van der Waals surface area contributed by atoms with E-state index in [-0.39, 0.29) is 4.90 Å². The summed E-state index contributed by atoms with van der Waals surface area (Å²) in [5.74, 6) is -2.72. The standard InChI is InChI=1S/C23H29NO6S/c1-16(2)21(22(26)27)24(15-20(25)30-23(3,4)5)31(28,29)19-13-11-18(12-14-19)17-9-7-6-8-10-17/h6-14,16,21H,15H2,1-5H3,(H,26,27)/t21-/m1/s1. The van der Waals surface area contributed by atoms with Crippen LogP contribution in [0.15, 0.2) is 59.5 Å². The Bertz CT molecular complexity index is 1010. The average Bonchev–Trinajstić information content (AvgIpc) is 2.66. The molecule has 0 saturated carbocycles. The molecule has 0 radical (unpaired) electrons. The third-order valence-electron chi connectivity index (χ3n) is 4.47. The quantitative estimate of drug-likeness (QED) is 0.618. The van der Waals surface area contributed by atoms with Crippen molar-refractivity contribution >= 4 is 22.0 Å². The van der Waals surface area contributed by atoms with Gasteiger partial charge in [-0.25, -0.2) is 8.42 Å². The first-order valence-corrected chi connectivity index (χ1v) is 11.4. The lowest BCUT2D eigenvalue weighted by Crippen LogP contribution is -2.50. The number of carboxylic acids is 1. The van der Waals surface area contributed by atoms with Gasteiger partial charge in [-0.2, -0.15) is 4.31 Å². The second-order valence-corrected chi connectivity index (χ2v) is 10.4. The van der Waals surface area contributed by atoms with Gasteiger partial charge in [-0.15, -0.1) is 0 Å². The summed E-state index contributed by atoms with van der Waals surface area (Å²) in [5, 5.41) is 9.70. The Kier molecular flexibility index (Phi) is 7.62. The van der Waals surface area contributed by atoms with Crippen molar-refractivity contribution in [3.8, 4) is 11.1 Å². The summed E-state index contributed by atoms with van der Waals surface area (Å²) in [6.07, 6.45) is 0. The molecule has 7 nitrogen and oxygen atoms in total. The molecule has 0 aromatic heterocycles. The van der Waals surface area contributed by atoms with E-state index in [1.807, 2.05) is 30.3 Å². The van der Waals surface area contributed by atoms with Crippen LogP contribution in [0.1, 0.15) is 34.6 Å². The van der Waals surface area contributed by atoms with E-state index >= 15 is 0 Å². The van der Waals surface area contributed by atoms with Crippen LogP contribution in [-0.2, 0) is 24.3 Å². The molecule has 0 amide bonds. The number of sulfonamides is 1. The van der Waals surface area contributed by atoms with Gasteiger partial charge in [0, 0.05) is 0 Å². The Morgan fingerprint density at radius 1 is 0.968 bits per heavy atom. The highest BCUT2D eigenvalue weighted by atomic mass is 32.2. The molecular weight excluding hydrogens is 418 g/mol. The minimum Gasteiger partial charge on any atom is -0.480 e. The highest BCUT2D eigenvalue weighted by molar-refractivity contribution is 7.89. The van der Waals surface area contributed by atoms with Crippen LogP contribution < -0.4 is 0 Å². The van der Waals surface area contributed by atoms with E-state index in [0.717, 1.165) is 11.1 Å². The Labute approximate surface area is 183 Å². The third-order valence-corrected chi connectivity index (χ3v) is 6.31. The van der Waals surface area contributed by atoms with Gasteiger partial charge >= 0.3 is 11.9 Å². The largest absolute Gasteiger partial charge is 0.480 e. The summed E-state index contributed by atoms with van der Waals surface area (Å²) < 4.78 is 32.7. The van der Waals surface area contributed by atoms with Crippen molar-refractivity contribution in [1.29, 1.82) is 0 Å². The predicted octanol–water partition coefficient (Wildman–Crippen LogP) is 3.80. The van der Waals surface area contributed by atoms with Crippen molar-refractivity contribution in [2.45, 2.75) is 51.2 Å². The first-order chi connectivity index (χ1) is 14.3. The second kappa shape index (κ2) is 9.62. The number of rotatable bonds is 8. The lowest BCUT2D eigenvalue weighted by atomic mass is 10.1. The molecule has 0 saturated heterocycles. The maximum Gasteiger partial charge on any atom is 0.322 e. The molecule has 0 heterocycles. The van der Waals surface area contributed by atoms with E-state index in [1.54, 1.807) is 46.8 Å². The van der Waals surface area contributed by atoms with Gasteiger partial charge in [0.15, 0.2) is 0 Å². The molecule has 1 atom stereocenters. The van der Waals surface area contributed by atoms with Crippen LogP contribution in [0.25, 0.3) is 11.1 Å². The number of carbonyl (C=O) groups excluding carboxylic acids is 1. The van der Waals surface area contributed by atoms with Gasteiger partial charge < -0.3 is 9.84 Å². The van der Waals surface area contributed by atoms with Crippen molar-refractivity contribution < 1.29 is 27.9 Å². The Balaban J connectivity index is 2.45. The fraction of sp³-hybridized carbons (Fsp3) is 0.391. The molecule has 0 bridgehead atoms. The number of carbonyl (C=O) groups is 2. The molecule has 0 aliphatic heterocycles. The molecule has 0 aliphatic rings. The number of benzene rings is 2. The molecule has 1 N–H and O–H groups in total. The number of esters is 1. The van der Waals surface area contributed by atoms with Crippen LogP contribution in [0.4, 0.5) is 0 Å². The Hall–Kier alpha value is -2.71. The van der Waals surface area contributed by atoms with Crippen LogP contribution in [0.3, 0.4) is 0 Å². The minimum absolute atomic E-state index is 0.0948. The van der Waals surface area contributed by atoms with Crippen LogP contribution in [0.5, 0.6) is 0 Å². The molecule has 2 rings (SSSR count). The highest BCUT2D eigenvalue weighted by Crippen LogP contribution is 2.26. The fourth-order valence-electron chi connectivity index (χ4n) is 3.16. The summed E-state index contributed by atoms with van der Waals surface area (Å²) in [7, 11) is -4.29. The molecule has 2 aromatic rings. The van der Waals surface area contributed by atoms with E-state index in [4.69, 9.17) is 4.74 Å². The van der Waals surface area contributed by atoms with E-state index in [2.05, 4.69) is 0 Å². The molecule has 0 aliphatic carbocycles. The number of ether oxygens (including phenoxy) is 1. The summed E-state index contributed by atoms with van der Waals surface area (Å²) in [6, 6.07) is 14.1. The van der Waals surface area contributed by atoms with Crippen molar-refractivity contribution in [2.24, 2.45) is 5.92 Å². The summed E-state index contributed by atoms with van der Waals surface area (Å²) >= 11 is 0. The molecule has 2 aromatic carbocycles. The van der Waals surface area contributed by atoms with Gasteiger partial charge in [0.2, 0.25) is 10.0 Å².